The lowest BCUT2D eigenvalue weighted by Gasteiger charge is -2.10. The molecule has 1 fully saturated rings. The second-order valence-corrected chi connectivity index (χ2v) is 7.93. The van der Waals surface area contributed by atoms with Gasteiger partial charge in [-0.15, -0.1) is 0 Å². The zero-order chi connectivity index (χ0) is 21.5. The highest BCUT2D eigenvalue weighted by Crippen LogP contribution is 2.42. The summed E-state index contributed by atoms with van der Waals surface area (Å²) in [6.07, 6.45) is 7.24. The average Bonchev–Trinajstić information content (AvgIpc) is 3.43. The fourth-order valence-electron chi connectivity index (χ4n) is 4.00. The molecule has 3 aromatic heterocycles. The lowest BCUT2D eigenvalue weighted by Crippen LogP contribution is -2.14. The van der Waals surface area contributed by atoms with Crippen LogP contribution in [0.5, 0.6) is 0 Å². The van der Waals surface area contributed by atoms with Crippen LogP contribution in [0.1, 0.15) is 34.8 Å². The van der Waals surface area contributed by atoms with Gasteiger partial charge in [0.2, 0.25) is 0 Å². The Morgan fingerprint density at radius 1 is 0.906 bits per heavy atom. The Kier molecular flexibility index (Phi) is 4.31. The van der Waals surface area contributed by atoms with Gasteiger partial charge >= 0.3 is 0 Å². The maximum atomic E-state index is 13.1. The van der Waals surface area contributed by atoms with Gasteiger partial charge in [-0.25, -0.2) is 14.6 Å². The monoisotopic (exact) mass is 420 g/mol. The molecule has 6 rings (SSSR count). The quantitative estimate of drug-likeness (QED) is 0.446. The van der Waals surface area contributed by atoms with Crippen molar-refractivity contribution in [1.29, 1.82) is 0 Å². The zero-order valence-electron chi connectivity index (χ0n) is 17.2. The Bertz CT molecular complexity index is 1410. The summed E-state index contributed by atoms with van der Waals surface area (Å²) in [5.41, 5.74) is 5.09. The summed E-state index contributed by atoms with van der Waals surface area (Å²) >= 11 is 0. The second-order valence-electron chi connectivity index (χ2n) is 7.93. The molecule has 2 aromatic carbocycles. The fourth-order valence-corrected chi connectivity index (χ4v) is 4.00. The average molecular weight is 420 g/mol. The summed E-state index contributed by atoms with van der Waals surface area (Å²) in [7, 11) is 0. The number of amides is 1. The third kappa shape index (κ3) is 3.24. The van der Waals surface area contributed by atoms with Gasteiger partial charge in [0.05, 0.1) is 46.1 Å². The zero-order valence-corrected chi connectivity index (χ0v) is 17.2. The van der Waals surface area contributed by atoms with E-state index in [0.717, 1.165) is 41.1 Å². The van der Waals surface area contributed by atoms with Crippen LogP contribution < -0.4 is 5.32 Å². The normalized spacial score (nSPS) is 13.4. The van der Waals surface area contributed by atoms with Crippen LogP contribution in [0.25, 0.3) is 22.5 Å². The van der Waals surface area contributed by atoms with Crippen LogP contribution in [-0.4, -0.2) is 30.2 Å². The number of imidazole rings is 1. The van der Waals surface area contributed by atoms with Crippen molar-refractivity contribution in [3.63, 3.8) is 0 Å². The molecule has 5 aromatic rings. The highest BCUT2D eigenvalue weighted by Gasteiger charge is 2.33. The number of fused-ring (bicyclic) bond motifs is 1. The van der Waals surface area contributed by atoms with Gasteiger partial charge in [-0.05, 0) is 49.2 Å². The van der Waals surface area contributed by atoms with Crippen molar-refractivity contribution in [1.82, 2.24) is 24.3 Å². The summed E-state index contributed by atoms with van der Waals surface area (Å²) in [6, 6.07) is 21.6. The molecule has 32 heavy (non-hydrogen) atoms. The molecular weight excluding hydrogens is 400 g/mol. The van der Waals surface area contributed by atoms with Crippen molar-refractivity contribution in [2.45, 2.75) is 18.8 Å². The largest absolute Gasteiger partial charge is 0.320 e. The lowest BCUT2D eigenvalue weighted by molar-refractivity contribution is 0.102. The molecule has 0 radical (unpaired) electrons. The number of aromatic nitrogens is 5. The van der Waals surface area contributed by atoms with E-state index < -0.39 is 0 Å². The van der Waals surface area contributed by atoms with Crippen molar-refractivity contribution in [2.75, 3.05) is 5.32 Å². The molecule has 1 saturated carbocycles. The first kappa shape index (κ1) is 18.5. The lowest BCUT2D eigenvalue weighted by atomic mass is 10.1. The Morgan fingerprint density at radius 2 is 1.72 bits per heavy atom. The molecule has 0 atom stereocenters. The molecule has 0 saturated heterocycles. The number of carbonyl (C=O) groups excluding carboxylic acids is 1. The third-order valence-electron chi connectivity index (χ3n) is 5.72. The number of rotatable bonds is 5. The molecule has 1 aliphatic rings. The number of hydrogen-bond acceptors (Lipinski definition) is 4. The third-order valence-corrected chi connectivity index (χ3v) is 5.72. The van der Waals surface area contributed by atoms with Crippen LogP contribution >= 0.6 is 0 Å². The van der Waals surface area contributed by atoms with Crippen LogP contribution in [0.2, 0.25) is 0 Å². The number of hydrogen-bond donors (Lipinski definition) is 1. The topological polar surface area (TPSA) is 77.6 Å². The minimum absolute atomic E-state index is 0.170. The molecule has 0 spiro atoms. The smallest absolute Gasteiger partial charge is 0.259 e. The van der Waals surface area contributed by atoms with Crippen LogP contribution in [0.4, 0.5) is 5.69 Å². The van der Waals surface area contributed by atoms with Crippen molar-refractivity contribution in [3.8, 4) is 11.5 Å². The maximum Gasteiger partial charge on any atom is 0.259 e. The van der Waals surface area contributed by atoms with Crippen molar-refractivity contribution < 1.29 is 4.79 Å². The maximum absolute atomic E-state index is 13.1. The van der Waals surface area contributed by atoms with Crippen molar-refractivity contribution in [3.05, 3.63) is 96.7 Å². The van der Waals surface area contributed by atoms with Gasteiger partial charge in [0.25, 0.3) is 5.91 Å². The molecule has 1 N–H and O–H groups in total. The van der Waals surface area contributed by atoms with Crippen LogP contribution in [-0.2, 0) is 0 Å². The van der Waals surface area contributed by atoms with E-state index in [2.05, 4.69) is 20.4 Å². The first-order valence-electron chi connectivity index (χ1n) is 10.6. The highest BCUT2D eigenvalue weighted by atomic mass is 16.1. The standard InChI is InChI=1S/C25H20N6O/c32-25(20-15-28-31(24(20)17-10-11-17)19-6-2-1-3-7-19)29-18-12-13-23(26-14-18)30-16-27-21-8-4-5-9-22(21)30/h1-9,12-17H,10-11H2,(H,29,32). The Morgan fingerprint density at radius 3 is 2.50 bits per heavy atom. The number of anilines is 1. The Balaban J connectivity index is 1.26. The number of carbonyl (C=O) groups is 1. The number of nitrogens with one attached hydrogen (secondary N) is 1. The first-order valence-corrected chi connectivity index (χ1v) is 10.6. The van der Waals surface area contributed by atoms with E-state index in [1.54, 1.807) is 18.7 Å². The van der Waals surface area contributed by atoms with E-state index in [0.29, 0.717) is 17.2 Å². The number of para-hydroxylation sites is 3. The van der Waals surface area contributed by atoms with Gasteiger partial charge in [-0.3, -0.25) is 9.36 Å². The van der Waals surface area contributed by atoms with E-state index >= 15 is 0 Å². The van der Waals surface area contributed by atoms with Gasteiger partial charge in [0, 0.05) is 5.92 Å². The van der Waals surface area contributed by atoms with Gasteiger partial charge < -0.3 is 5.32 Å². The molecule has 0 aliphatic heterocycles. The van der Waals surface area contributed by atoms with Crippen molar-refractivity contribution in [2.24, 2.45) is 0 Å². The minimum atomic E-state index is -0.170. The molecule has 0 bridgehead atoms. The molecular formula is C25H20N6O. The molecule has 7 heteroatoms. The fraction of sp³-hybridized carbons (Fsp3) is 0.120. The van der Waals surface area contributed by atoms with Crippen LogP contribution in [0.15, 0.2) is 85.5 Å². The van der Waals surface area contributed by atoms with E-state index in [4.69, 9.17) is 0 Å². The summed E-state index contributed by atoms with van der Waals surface area (Å²) in [5.74, 6) is 0.942. The van der Waals surface area contributed by atoms with Crippen LogP contribution in [0.3, 0.4) is 0 Å². The van der Waals surface area contributed by atoms with Gasteiger partial charge in [-0.2, -0.15) is 5.10 Å². The van der Waals surface area contributed by atoms with Crippen LogP contribution in [0, 0.1) is 0 Å². The van der Waals surface area contributed by atoms with E-state index in [9.17, 15) is 4.79 Å². The SMILES string of the molecule is O=C(Nc1ccc(-n2cnc3ccccc32)nc1)c1cnn(-c2ccccc2)c1C1CC1. The van der Waals surface area contributed by atoms with Gasteiger partial charge in [-0.1, -0.05) is 30.3 Å². The second kappa shape index (κ2) is 7.46. The number of benzene rings is 2. The molecule has 0 unspecified atom stereocenters. The summed E-state index contributed by atoms with van der Waals surface area (Å²) in [6.45, 7) is 0. The molecule has 3 heterocycles. The Labute approximate surface area is 184 Å². The molecule has 7 nitrogen and oxygen atoms in total. The van der Waals surface area contributed by atoms with Crippen molar-refractivity contribution >= 4 is 22.6 Å². The minimum Gasteiger partial charge on any atom is -0.320 e. The molecule has 1 amide bonds. The van der Waals surface area contributed by atoms with E-state index in [1.165, 1.54) is 0 Å². The van der Waals surface area contributed by atoms with E-state index in [-0.39, 0.29) is 5.91 Å². The van der Waals surface area contributed by atoms with E-state index in [1.807, 2.05) is 76.0 Å². The predicted molar refractivity (Wildman–Crippen MR) is 122 cm³/mol. The predicted octanol–water partition coefficient (Wildman–Crippen LogP) is 4.74. The molecule has 156 valence electrons. The number of pyridine rings is 1. The van der Waals surface area contributed by atoms with Gasteiger partial charge in [0.15, 0.2) is 0 Å². The highest BCUT2D eigenvalue weighted by molar-refractivity contribution is 6.05. The molecule has 1 aliphatic carbocycles. The first-order chi connectivity index (χ1) is 15.8. The summed E-state index contributed by atoms with van der Waals surface area (Å²) in [4.78, 5) is 22.0. The summed E-state index contributed by atoms with van der Waals surface area (Å²) in [5, 5.41) is 7.49. The Hall–Kier alpha value is -4.26. The number of nitrogens with zero attached hydrogens (tertiary/aromatic N) is 5. The summed E-state index contributed by atoms with van der Waals surface area (Å²) < 4.78 is 3.81. The van der Waals surface area contributed by atoms with Gasteiger partial charge in [0.1, 0.15) is 12.1 Å².